The summed E-state index contributed by atoms with van der Waals surface area (Å²) in [7, 11) is 5.81. The molecule has 0 rings (SSSR count). The molecule has 0 saturated heterocycles. The zero-order chi connectivity index (χ0) is 18.4. The Kier molecular flexibility index (Phi) is 12.3. The summed E-state index contributed by atoms with van der Waals surface area (Å²) in [6, 6.07) is 0. The molecule has 5 heteroatoms. The fourth-order valence-corrected chi connectivity index (χ4v) is 2.53. The Hall–Kier alpha value is -1.36. The lowest BCUT2D eigenvalue weighted by atomic mass is 10.1. The van der Waals surface area contributed by atoms with Gasteiger partial charge in [-0.15, -0.1) is 0 Å². The number of hydrogen-bond acceptors (Lipinski definition) is 4. The van der Waals surface area contributed by atoms with E-state index < -0.39 is 12.1 Å². The van der Waals surface area contributed by atoms with E-state index in [-0.39, 0.29) is 12.4 Å². The van der Waals surface area contributed by atoms with Crippen LogP contribution < -0.4 is 5.11 Å². The fraction of sp³-hybridized carbons (Fsp3) is 0.789. The summed E-state index contributed by atoms with van der Waals surface area (Å²) in [4.78, 5) is 22.7. The summed E-state index contributed by atoms with van der Waals surface area (Å²) in [6.07, 6.45) is 11.4. The van der Waals surface area contributed by atoms with Crippen molar-refractivity contribution >= 4 is 11.9 Å². The number of hydrogen-bond donors (Lipinski definition) is 0. The molecule has 1 unspecified atom stereocenters. The molecule has 0 heterocycles. The molecule has 1 atom stereocenters. The molecule has 24 heavy (non-hydrogen) atoms. The summed E-state index contributed by atoms with van der Waals surface area (Å²) in [5.41, 5.74) is 0. The van der Waals surface area contributed by atoms with Crippen LogP contribution in [0.5, 0.6) is 0 Å². The van der Waals surface area contributed by atoms with E-state index in [0.717, 1.165) is 32.1 Å². The molecule has 0 radical (unpaired) electrons. The van der Waals surface area contributed by atoms with Gasteiger partial charge in [-0.1, -0.05) is 38.3 Å². The number of aliphatic carboxylic acids is 1. The molecule has 0 aromatic carbocycles. The molecule has 0 spiro atoms. The molecular formula is C19H35NO4. The summed E-state index contributed by atoms with van der Waals surface area (Å²) in [5.74, 6) is -1.49. The van der Waals surface area contributed by atoms with Gasteiger partial charge < -0.3 is 19.1 Å². The van der Waals surface area contributed by atoms with Gasteiger partial charge in [0.05, 0.1) is 21.1 Å². The number of ether oxygens (including phenoxy) is 1. The van der Waals surface area contributed by atoms with Crippen LogP contribution in [0.2, 0.25) is 0 Å². The highest BCUT2D eigenvalue weighted by Gasteiger charge is 2.22. The summed E-state index contributed by atoms with van der Waals surface area (Å²) < 4.78 is 5.86. The average molecular weight is 341 g/mol. The lowest BCUT2D eigenvalue weighted by Gasteiger charge is -2.29. The van der Waals surface area contributed by atoms with E-state index in [1.807, 2.05) is 21.1 Å². The zero-order valence-corrected chi connectivity index (χ0v) is 15.9. The van der Waals surface area contributed by atoms with Crippen LogP contribution in [0.15, 0.2) is 12.2 Å². The maximum Gasteiger partial charge on any atom is 0.306 e. The van der Waals surface area contributed by atoms with Gasteiger partial charge in [0.25, 0.3) is 0 Å². The topological polar surface area (TPSA) is 66.4 Å². The van der Waals surface area contributed by atoms with Crippen LogP contribution >= 0.6 is 0 Å². The van der Waals surface area contributed by atoms with Crippen LogP contribution in [-0.4, -0.2) is 50.2 Å². The third-order valence-corrected chi connectivity index (χ3v) is 3.60. The molecule has 0 aliphatic carbocycles. The number of likely N-dealkylation sites (N-methyl/N-ethyl adjacent to an activating group) is 1. The minimum Gasteiger partial charge on any atom is -0.550 e. The summed E-state index contributed by atoms with van der Waals surface area (Å²) in [6.45, 7) is 2.60. The zero-order valence-electron chi connectivity index (χ0n) is 15.9. The second-order valence-electron chi connectivity index (χ2n) is 7.35. The molecule has 0 N–H and O–H groups in total. The molecule has 0 fully saturated rings. The molecule has 0 aliphatic rings. The third kappa shape index (κ3) is 15.5. The van der Waals surface area contributed by atoms with Crippen molar-refractivity contribution in [3.05, 3.63) is 12.2 Å². The number of esters is 1. The Morgan fingerprint density at radius 3 is 2.25 bits per heavy atom. The SMILES string of the molecule is CC/C=C/CCCCCCCC(=O)OC(CC(=O)[O-])C[N+](C)(C)C. The largest absolute Gasteiger partial charge is 0.550 e. The smallest absolute Gasteiger partial charge is 0.306 e. The molecule has 5 nitrogen and oxygen atoms in total. The average Bonchev–Trinajstić information content (AvgIpc) is 2.42. The first kappa shape index (κ1) is 22.6. The quantitative estimate of drug-likeness (QED) is 0.211. The van der Waals surface area contributed by atoms with Crippen LogP contribution in [0.3, 0.4) is 0 Å². The Balaban J connectivity index is 3.88. The van der Waals surface area contributed by atoms with Gasteiger partial charge in [0.15, 0.2) is 6.10 Å². The first-order valence-electron chi connectivity index (χ1n) is 9.09. The molecule has 0 saturated carbocycles. The first-order chi connectivity index (χ1) is 11.2. The number of carbonyl (C=O) groups is 2. The van der Waals surface area contributed by atoms with Crippen molar-refractivity contribution in [1.82, 2.24) is 0 Å². The molecular weight excluding hydrogens is 306 g/mol. The molecule has 0 aliphatic heterocycles. The number of rotatable bonds is 14. The maximum atomic E-state index is 11.9. The van der Waals surface area contributed by atoms with Crippen molar-refractivity contribution in [3.63, 3.8) is 0 Å². The number of nitrogens with zero attached hydrogens (tertiary/aromatic N) is 1. The number of unbranched alkanes of at least 4 members (excludes halogenated alkanes) is 5. The van der Waals surface area contributed by atoms with Gasteiger partial charge in [-0.05, 0) is 25.7 Å². The van der Waals surface area contributed by atoms with Gasteiger partial charge in [-0.25, -0.2) is 0 Å². The van der Waals surface area contributed by atoms with Crippen LogP contribution in [-0.2, 0) is 14.3 Å². The highest BCUT2D eigenvalue weighted by atomic mass is 16.5. The van der Waals surface area contributed by atoms with Gasteiger partial charge in [-0.2, -0.15) is 0 Å². The van der Waals surface area contributed by atoms with Crippen LogP contribution in [0, 0.1) is 0 Å². The lowest BCUT2D eigenvalue weighted by molar-refractivity contribution is -0.873. The molecule has 0 bridgehead atoms. The Morgan fingerprint density at radius 2 is 1.67 bits per heavy atom. The molecule has 0 amide bonds. The highest BCUT2D eigenvalue weighted by Crippen LogP contribution is 2.11. The first-order valence-corrected chi connectivity index (χ1v) is 9.09. The van der Waals surface area contributed by atoms with E-state index >= 15 is 0 Å². The third-order valence-electron chi connectivity index (χ3n) is 3.60. The van der Waals surface area contributed by atoms with E-state index in [9.17, 15) is 14.7 Å². The van der Waals surface area contributed by atoms with Crippen molar-refractivity contribution in [2.75, 3.05) is 27.7 Å². The van der Waals surface area contributed by atoms with Crippen molar-refractivity contribution in [3.8, 4) is 0 Å². The number of carboxylic acids is 1. The van der Waals surface area contributed by atoms with E-state index in [4.69, 9.17) is 4.74 Å². The van der Waals surface area contributed by atoms with E-state index in [1.165, 1.54) is 12.8 Å². The molecule has 140 valence electrons. The van der Waals surface area contributed by atoms with Crippen LogP contribution in [0.4, 0.5) is 0 Å². The Morgan fingerprint density at radius 1 is 1.04 bits per heavy atom. The Bertz CT molecular complexity index is 385. The summed E-state index contributed by atoms with van der Waals surface area (Å²) >= 11 is 0. The number of quaternary nitrogens is 1. The van der Waals surface area contributed by atoms with Crippen LogP contribution in [0.25, 0.3) is 0 Å². The van der Waals surface area contributed by atoms with Gasteiger partial charge in [-0.3, -0.25) is 4.79 Å². The Labute approximate surface area is 147 Å². The van der Waals surface area contributed by atoms with E-state index in [0.29, 0.717) is 17.4 Å². The number of carbonyl (C=O) groups excluding carboxylic acids is 2. The molecule has 0 aromatic rings. The van der Waals surface area contributed by atoms with Crippen LogP contribution in [0.1, 0.15) is 64.7 Å². The van der Waals surface area contributed by atoms with Crippen molar-refractivity contribution in [2.24, 2.45) is 0 Å². The van der Waals surface area contributed by atoms with E-state index in [1.54, 1.807) is 0 Å². The normalized spacial score (nSPS) is 13.2. The second-order valence-corrected chi connectivity index (χ2v) is 7.35. The molecule has 0 aromatic heterocycles. The fourth-order valence-electron chi connectivity index (χ4n) is 2.53. The van der Waals surface area contributed by atoms with Gasteiger partial charge in [0.1, 0.15) is 6.54 Å². The van der Waals surface area contributed by atoms with Gasteiger partial charge >= 0.3 is 5.97 Å². The van der Waals surface area contributed by atoms with Crippen molar-refractivity contribution < 1.29 is 23.9 Å². The van der Waals surface area contributed by atoms with E-state index in [2.05, 4.69) is 19.1 Å². The predicted molar refractivity (Wildman–Crippen MR) is 94.2 cm³/mol. The standard InChI is InChI=1S/C19H35NO4/c1-5-6-7-8-9-10-11-12-13-14-19(23)24-17(15-18(21)22)16-20(2,3)4/h6-7,17H,5,8-16H2,1-4H3/b7-6+. The van der Waals surface area contributed by atoms with Gasteiger partial charge in [0.2, 0.25) is 0 Å². The predicted octanol–water partition coefficient (Wildman–Crippen LogP) is 2.44. The minimum absolute atomic E-state index is 0.244. The number of allylic oxidation sites excluding steroid dienone is 2. The van der Waals surface area contributed by atoms with Crippen molar-refractivity contribution in [2.45, 2.75) is 70.8 Å². The minimum atomic E-state index is -1.18. The maximum absolute atomic E-state index is 11.9. The second kappa shape index (κ2) is 13.0. The monoisotopic (exact) mass is 341 g/mol. The lowest BCUT2D eigenvalue weighted by Crippen LogP contribution is -2.45. The number of carboxylic acid groups (broad SMARTS) is 1. The van der Waals surface area contributed by atoms with Crippen molar-refractivity contribution in [1.29, 1.82) is 0 Å². The highest BCUT2D eigenvalue weighted by molar-refractivity contribution is 5.70. The summed E-state index contributed by atoms with van der Waals surface area (Å²) in [5, 5.41) is 10.8. The van der Waals surface area contributed by atoms with Gasteiger partial charge in [0, 0.05) is 18.8 Å².